The molecule has 0 aliphatic heterocycles. The summed E-state index contributed by atoms with van der Waals surface area (Å²) < 4.78 is 5.46. The largest absolute Gasteiger partial charge is 0.507 e. The number of aliphatic hydroxyl groups excluding tert-OH is 1. The number of carbonyl (C=O) groups is 1. The van der Waals surface area contributed by atoms with Crippen molar-refractivity contribution in [1.82, 2.24) is 10.3 Å². The molecule has 1 atom stereocenters. The first-order chi connectivity index (χ1) is 11.1. The fourth-order valence-electron chi connectivity index (χ4n) is 1.96. The third kappa shape index (κ3) is 4.94. The molecule has 2 aromatic rings. The number of nitrogens with one attached hydrogen (secondary N) is 1. The smallest absolute Gasteiger partial charge is 0.252 e. The molecule has 0 saturated carbocycles. The van der Waals surface area contributed by atoms with Crippen LogP contribution >= 0.6 is 0 Å². The van der Waals surface area contributed by atoms with Crippen LogP contribution in [0.15, 0.2) is 42.6 Å². The fraction of sp³-hybridized carbons (Fsp3) is 0.250. The van der Waals surface area contributed by atoms with Gasteiger partial charge in [-0.1, -0.05) is 6.07 Å². The molecule has 1 heterocycles. The zero-order chi connectivity index (χ0) is 16.7. The second kappa shape index (κ2) is 8.11. The minimum atomic E-state index is -0.718. The number of benzene rings is 1. The number of hydrogen-bond donors (Lipinski definition) is 4. The Morgan fingerprint density at radius 3 is 2.87 bits per heavy atom. The van der Waals surface area contributed by atoms with Crippen molar-refractivity contribution in [3.63, 3.8) is 0 Å². The number of nitrogens with two attached hydrogens (primary N) is 1. The number of aromatic hydroxyl groups is 1. The number of aromatic nitrogens is 1. The molecular weight excluding hydrogens is 298 g/mol. The molecule has 0 spiro atoms. The molecule has 0 radical (unpaired) electrons. The van der Waals surface area contributed by atoms with Crippen molar-refractivity contribution in [2.75, 3.05) is 19.7 Å². The van der Waals surface area contributed by atoms with Crippen molar-refractivity contribution in [2.24, 2.45) is 5.73 Å². The fourth-order valence-corrected chi connectivity index (χ4v) is 1.96. The number of pyridine rings is 1. The van der Waals surface area contributed by atoms with Gasteiger partial charge in [0, 0.05) is 19.3 Å². The van der Waals surface area contributed by atoms with Crippen molar-refractivity contribution < 1.29 is 19.7 Å². The molecule has 7 nitrogen and oxygen atoms in total. The van der Waals surface area contributed by atoms with E-state index < -0.39 is 12.0 Å². The van der Waals surface area contributed by atoms with Gasteiger partial charge < -0.3 is 26.0 Å². The number of carbonyl (C=O) groups excluding carboxylic acids is 1. The van der Waals surface area contributed by atoms with Crippen molar-refractivity contribution >= 4 is 5.91 Å². The highest BCUT2D eigenvalue weighted by Gasteiger charge is 2.09. The lowest BCUT2D eigenvalue weighted by Gasteiger charge is -2.12. The lowest BCUT2D eigenvalue weighted by atomic mass is 10.2. The van der Waals surface area contributed by atoms with Crippen LogP contribution in [0.1, 0.15) is 22.2 Å². The standard InChI is InChI=1S/C16H19N3O4/c17-16(22)12-9-11(4-5-14(12)20)23-8-7-18-10-15(21)13-3-1-2-6-19-13/h1-6,9,15,18,20-21H,7-8,10H2,(H2,17,22). The van der Waals surface area contributed by atoms with E-state index in [1.165, 1.54) is 12.1 Å². The van der Waals surface area contributed by atoms with Crippen molar-refractivity contribution in [3.05, 3.63) is 53.9 Å². The molecule has 2 rings (SSSR count). The van der Waals surface area contributed by atoms with Gasteiger partial charge in [-0.25, -0.2) is 0 Å². The Kier molecular flexibility index (Phi) is 5.90. The molecule has 0 aliphatic rings. The first-order valence-electron chi connectivity index (χ1n) is 7.13. The molecule has 1 amide bonds. The summed E-state index contributed by atoms with van der Waals surface area (Å²) in [7, 11) is 0. The molecule has 0 saturated heterocycles. The van der Waals surface area contributed by atoms with Gasteiger partial charge in [-0.3, -0.25) is 9.78 Å². The lowest BCUT2D eigenvalue weighted by Crippen LogP contribution is -2.26. The van der Waals surface area contributed by atoms with Crippen molar-refractivity contribution in [2.45, 2.75) is 6.10 Å². The van der Waals surface area contributed by atoms with Gasteiger partial charge in [0.15, 0.2) is 0 Å². The molecule has 7 heteroatoms. The van der Waals surface area contributed by atoms with E-state index >= 15 is 0 Å². The number of primary amides is 1. The lowest BCUT2D eigenvalue weighted by molar-refractivity contribution is 0.0997. The first-order valence-corrected chi connectivity index (χ1v) is 7.13. The molecule has 1 aromatic heterocycles. The van der Waals surface area contributed by atoms with Crippen LogP contribution in [0.2, 0.25) is 0 Å². The van der Waals surface area contributed by atoms with E-state index in [0.29, 0.717) is 31.1 Å². The summed E-state index contributed by atoms with van der Waals surface area (Å²) in [6.45, 7) is 1.18. The van der Waals surface area contributed by atoms with Crippen LogP contribution in [-0.4, -0.2) is 40.8 Å². The van der Waals surface area contributed by atoms with Gasteiger partial charge in [-0.2, -0.15) is 0 Å². The van der Waals surface area contributed by atoms with E-state index in [1.807, 2.05) is 6.07 Å². The SMILES string of the molecule is NC(=O)c1cc(OCCNCC(O)c2ccccn2)ccc1O. The Hall–Kier alpha value is -2.64. The zero-order valence-corrected chi connectivity index (χ0v) is 12.5. The maximum atomic E-state index is 11.1. The Morgan fingerprint density at radius 2 is 2.17 bits per heavy atom. The van der Waals surface area contributed by atoms with E-state index in [-0.39, 0.29) is 11.3 Å². The average molecular weight is 317 g/mol. The molecule has 1 unspecified atom stereocenters. The summed E-state index contributed by atoms with van der Waals surface area (Å²) in [5.41, 5.74) is 5.77. The Bertz CT molecular complexity index is 649. The second-order valence-electron chi connectivity index (χ2n) is 4.87. The number of phenols is 1. The summed E-state index contributed by atoms with van der Waals surface area (Å²) in [5, 5.41) is 22.4. The van der Waals surface area contributed by atoms with E-state index in [0.717, 1.165) is 0 Å². The van der Waals surface area contributed by atoms with Gasteiger partial charge in [-0.05, 0) is 30.3 Å². The highest BCUT2D eigenvalue weighted by molar-refractivity contribution is 5.95. The highest BCUT2D eigenvalue weighted by Crippen LogP contribution is 2.22. The van der Waals surface area contributed by atoms with Crippen molar-refractivity contribution in [3.8, 4) is 11.5 Å². The number of nitrogens with zero attached hydrogens (tertiary/aromatic N) is 1. The average Bonchev–Trinajstić information content (AvgIpc) is 2.56. The molecule has 122 valence electrons. The van der Waals surface area contributed by atoms with Gasteiger partial charge in [0.1, 0.15) is 24.2 Å². The normalized spacial score (nSPS) is 11.9. The van der Waals surface area contributed by atoms with Crippen LogP contribution in [0, 0.1) is 0 Å². The van der Waals surface area contributed by atoms with E-state index in [4.69, 9.17) is 10.5 Å². The van der Waals surface area contributed by atoms with Gasteiger partial charge in [0.2, 0.25) is 0 Å². The summed E-state index contributed by atoms with van der Waals surface area (Å²) in [4.78, 5) is 15.2. The van der Waals surface area contributed by atoms with Gasteiger partial charge in [0.25, 0.3) is 5.91 Å². The topological polar surface area (TPSA) is 118 Å². The van der Waals surface area contributed by atoms with E-state index in [9.17, 15) is 15.0 Å². The number of hydrogen-bond acceptors (Lipinski definition) is 6. The molecule has 0 fully saturated rings. The Morgan fingerprint density at radius 1 is 1.35 bits per heavy atom. The van der Waals surface area contributed by atoms with Gasteiger partial charge in [-0.15, -0.1) is 0 Å². The number of ether oxygens (including phenoxy) is 1. The third-order valence-electron chi connectivity index (χ3n) is 3.15. The van der Waals surface area contributed by atoms with Crippen LogP contribution in [0.25, 0.3) is 0 Å². The van der Waals surface area contributed by atoms with Crippen LogP contribution < -0.4 is 15.8 Å². The Labute approximate surface area is 133 Å². The van der Waals surface area contributed by atoms with Crippen LogP contribution in [0.5, 0.6) is 11.5 Å². The van der Waals surface area contributed by atoms with Gasteiger partial charge >= 0.3 is 0 Å². The highest BCUT2D eigenvalue weighted by atomic mass is 16.5. The van der Waals surface area contributed by atoms with Gasteiger partial charge in [0.05, 0.1) is 11.3 Å². The minimum absolute atomic E-state index is 0.0148. The predicted octanol–water partition coefficient (Wildman–Crippen LogP) is 0.588. The monoisotopic (exact) mass is 317 g/mol. The van der Waals surface area contributed by atoms with Crippen LogP contribution in [0.4, 0.5) is 0 Å². The van der Waals surface area contributed by atoms with Crippen molar-refractivity contribution in [1.29, 1.82) is 0 Å². The molecular formula is C16H19N3O4. The summed E-state index contributed by atoms with van der Waals surface area (Å²) in [5.74, 6) is -0.463. The summed E-state index contributed by atoms with van der Waals surface area (Å²) in [6.07, 6.45) is 0.939. The van der Waals surface area contributed by atoms with Crippen LogP contribution in [0.3, 0.4) is 0 Å². The maximum absolute atomic E-state index is 11.1. The quantitative estimate of drug-likeness (QED) is 0.529. The van der Waals surface area contributed by atoms with Crippen LogP contribution in [-0.2, 0) is 0 Å². The van der Waals surface area contributed by atoms with E-state index in [2.05, 4.69) is 10.3 Å². The minimum Gasteiger partial charge on any atom is -0.507 e. The number of rotatable bonds is 8. The number of amides is 1. The summed E-state index contributed by atoms with van der Waals surface area (Å²) >= 11 is 0. The number of aliphatic hydroxyl groups is 1. The zero-order valence-electron chi connectivity index (χ0n) is 12.5. The Balaban J connectivity index is 1.73. The molecule has 5 N–H and O–H groups in total. The summed E-state index contributed by atoms with van der Waals surface area (Å²) in [6, 6.07) is 9.65. The van der Waals surface area contributed by atoms with E-state index in [1.54, 1.807) is 24.4 Å². The maximum Gasteiger partial charge on any atom is 0.252 e. The molecule has 23 heavy (non-hydrogen) atoms. The first kappa shape index (κ1) is 16.7. The third-order valence-corrected chi connectivity index (χ3v) is 3.15. The second-order valence-corrected chi connectivity index (χ2v) is 4.87. The molecule has 1 aromatic carbocycles. The molecule has 0 bridgehead atoms. The predicted molar refractivity (Wildman–Crippen MR) is 84.2 cm³/mol. The molecule has 0 aliphatic carbocycles.